The fraction of sp³-hybridized carbons (Fsp3) is 0.400. The zero-order chi connectivity index (χ0) is 15.2. The van der Waals surface area contributed by atoms with E-state index in [0.717, 1.165) is 11.3 Å². The SMILES string of the molecule is COCCNc1nc(C)nc(Nc2ccc(C)cc2C)n1. The van der Waals surface area contributed by atoms with E-state index in [0.29, 0.717) is 30.9 Å². The summed E-state index contributed by atoms with van der Waals surface area (Å²) in [5, 5.41) is 6.35. The molecule has 1 aromatic heterocycles. The Morgan fingerprint density at radius 1 is 1.05 bits per heavy atom. The number of benzene rings is 1. The number of aromatic nitrogens is 3. The Kier molecular flexibility index (Phi) is 5.05. The predicted octanol–water partition coefficient (Wildman–Crippen LogP) is 2.60. The number of methoxy groups -OCH3 is 1. The fourth-order valence-corrected chi connectivity index (χ4v) is 1.96. The third-order valence-corrected chi connectivity index (χ3v) is 2.96. The second kappa shape index (κ2) is 6.99. The molecule has 0 amide bonds. The van der Waals surface area contributed by atoms with Gasteiger partial charge in [0, 0.05) is 19.3 Å². The molecular weight excluding hydrogens is 266 g/mol. The van der Waals surface area contributed by atoms with Crippen LogP contribution in [0, 0.1) is 20.8 Å². The second-order valence-electron chi connectivity index (χ2n) is 4.89. The molecule has 1 heterocycles. The molecule has 2 N–H and O–H groups in total. The molecule has 0 bridgehead atoms. The van der Waals surface area contributed by atoms with E-state index in [9.17, 15) is 0 Å². The average Bonchev–Trinajstić information content (AvgIpc) is 2.42. The molecular formula is C15H21N5O. The van der Waals surface area contributed by atoms with Gasteiger partial charge in [-0.1, -0.05) is 17.7 Å². The fourth-order valence-electron chi connectivity index (χ4n) is 1.96. The van der Waals surface area contributed by atoms with Crippen molar-refractivity contribution in [1.29, 1.82) is 0 Å². The number of rotatable bonds is 6. The van der Waals surface area contributed by atoms with Crippen molar-refractivity contribution in [3.63, 3.8) is 0 Å². The molecule has 0 spiro atoms. The highest BCUT2D eigenvalue weighted by molar-refractivity contribution is 5.59. The minimum atomic E-state index is 0.536. The monoisotopic (exact) mass is 287 g/mol. The van der Waals surface area contributed by atoms with Gasteiger partial charge in [0.05, 0.1) is 6.61 Å². The van der Waals surface area contributed by atoms with E-state index in [1.807, 2.05) is 13.0 Å². The van der Waals surface area contributed by atoms with Crippen molar-refractivity contribution in [1.82, 2.24) is 15.0 Å². The smallest absolute Gasteiger partial charge is 0.232 e. The van der Waals surface area contributed by atoms with Crippen LogP contribution in [-0.2, 0) is 4.74 Å². The first-order valence-electron chi connectivity index (χ1n) is 6.88. The highest BCUT2D eigenvalue weighted by atomic mass is 16.5. The Morgan fingerprint density at radius 2 is 1.81 bits per heavy atom. The van der Waals surface area contributed by atoms with E-state index >= 15 is 0 Å². The first kappa shape index (κ1) is 15.2. The van der Waals surface area contributed by atoms with Gasteiger partial charge in [-0.25, -0.2) is 0 Å². The highest BCUT2D eigenvalue weighted by Crippen LogP contribution is 2.19. The summed E-state index contributed by atoms with van der Waals surface area (Å²) in [5.74, 6) is 1.75. The number of hydrogen-bond donors (Lipinski definition) is 2. The number of aryl methyl sites for hydroxylation is 3. The molecule has 0 atom stereocenters. The van der Waals surface area contributed by atoms with Gasteiger partial charge in [-0.2, -0.15) is 15.0 Å². The van der Waals surface area contributed by atoms with Crippen molar-refractivity contribution in [2.75, 3.05) is 30.9 Å². The van der Waals surface area contributed by atoms with Crippen LogP contribution in [0.1, 0.15) is 17.0 Å². The van der Waals surface area contributed by atoms with Gasteiger partial charge in [0.15, 0.2) is 0 Å². The summed E-state index contributed by atoms with van der Waals surface area (Å²) < 4.78 is 5.00. The first-order valence-corrected chi connectivity index (χ1v) is 6.88. The minimum Gasteiger partial charge on any atom is -0.383 e. The van der Waals surface area contributed by atoms with Crippen LogP contribution in [0.25, 0.3) is 0 Å². The summed E-state index contributed by atoms with van der Waals surface area (Å²) in [6.45, 7) is 7.23. The molecule has 0 saturated heterocycles. The van der Waals surface area contributed by atoms with E-state index in [4.69, 9.17) is 4.74 Å². The minimum absolute atomic E-state index is 0.536. The van der Waals surface area contributed by atoms with Crippen molar-refractivity contribution in [3.05, 3.63) is 35.2 Å². The van der Waals surface area contributed by atoms with Gasteiger partial charge in [0.1, 0.15) is 5.82 Å². The average molecular weight is 287 g/mol. The van der Waals surface area contributed by atoms with E-state index in [2.05, 4.69) is 51.6 Å². The third-order valence-electron chi connectivity index (χ3n) is 2.96. The van der Waals surface area contributed by atoms with Gasteiger partial charge >= 0.3 is 0 Å². The maximum absolute atomic E-state index is 5.00. The van der Waals surface area contributed by atoms with Crippen LogP contribution in [0.15, 0.2) is 18.2 Å². The molecule has 6 nitrogen and oxygen atoms in total. The normalized spacial score (nSPS) is 10.5. The molecule has 21 heavy (non-hydrogen) atoms. The Morgan fingerprint density at radius 3 is 2.52 bits per heavy atom. The Labute approximate surface area is 125 Å². The van der Waals surface area contributed by atoms with E-state index in [1.54, 1.807) is 7.11 Å². The van der Waals surface area contributed by atoms with Gasteiger partial charge < -0.3 is 15.4 Å². The zero-order valence-electron chi connectivity index (χ0n) is 12.9. The van der Waals surface area contributed by atoms with Crippen molar-refractivity contribution in [2.24, 2.45) is 0 Å². The summed E-state index contributed by atoms with van der Waals surface area (Å²) >= 11 is 0. The summed E-state index contributed by atoms with van der Waals surface area (Å²) in [5.41, 5.74) is 3.38. The van der Waals surface area contributed by atoms with Gasteiger partial charge in [0.2, 0.25) is 11.9 Å². The zero-order valence-corrected chi connectivity index (χ0v) is 12.9. The van der Waals surface area contributed by atoms with Crippen LogP contribution in [0.2, 0.25) is 0 Å². The quantitative estimate of drug-likeness (QED) is 0.796. The lowest BCUT2D eigenvalue weighted by molar-refractivity contribution is 0.210. The van der Waals surface area contributed by atoms with Gasteiger partial charge in [-0.15, -0.1) is 0 Å². The summed E-state index contributed by atoms with van der Waals surface area (Å²) in [6, 6.07) is 6.21. The number of anilines is 3. The summed E-state index contributed by atoms with van der Waals surface area (Å²) in [6.07, 6.45) is 0. The Balaban J connectivity index is 2.15. The molecule has 0 radical (unpaired) electrons. The van der Waals surface area contributed by atoms with E-state index in [-0.39, 0.29) is 0 Å². The molecule has 2 rings (SSSR count). The Bertz CT molecular complexity index is 615. The van der Waals surface area contributed by atoms with Crippen molar-refractivity contribution in [3.8, 4) is 0 Å². The lowest BCUT2D eigenvalue weighted by Crippen LogP contribution is -2.12. The number of ether oxygens (including phenoxy) is 1. The third kappa shape index (κ3) is 4.39. The Hall–Kier alpha value is -2.21. The molecule has 0 fully saturated rings. The van der Waals surface area contributed by atoms with Crippen LogP contribution in [0.5, 0.6) is 0 Å². The van der Waals surface area contributed by atoms with Crippen LogP contribution in [-0.4, -0.2) is 35.2 Å². The lowest BCUT2D eigenvalue weighted by Gasteiger charge is -2.11. The molecule has 2 aromatic rings. The van der Waals surface area contributed by atoms with Gasteiger partial charge in [0.25, 0.3) is 0 Å². The highest BCUT2D eigenvalue weighted by Gasteiger charge is 2.05. The summed E-state index contributed by atoms with van der Waals surface area (Å²) in [4.78, 5) is 12.9. The number of nitrogens with zero attached hydrogens (tertiary/aromatic N) is 3. The molecule has 1 aromatic carbocycles. The molecule has 0 aliphatic carbocycles. The molecule has 112 valence electrons. The number of nitrogens with one attached hydrogen (secondary N) is 2. The maximum atomic E-state index is 5.00. The molecule has 0 aliphatic heterocycles. The first-order chi connectivity index (χ1) is 10.1. The molecule has 0 unspecified atom stereocenters. The predicted molar refractivity (Wildman–Crippen MR) is 84.1 cm³/mol. The summed E-state index contributed by atoms with van der Waals surface area (Å²) in [7, 11) is 1.66. The second-order valence-corrected chi connectivity index (χ2v) is 4.89. The van der Waals surface area contributed by atoms with Gasteiger partial charge in [-0.3, -0.25) is 0 Å². The largest absolute Gasteiger partial charge is 0.383 e. The molecule has 0 aliphatic rings. The van der Waals surface area contributed by atoms with Crippen LogP contribution >= 0.6 is 0 Å². The van der Waals surface area contributed by atoms with Crippen molar-refractivity contribution >= 4 is 17.6 Å². The van der Waals surface area contributed by atoms with E-state index < -0.39 is 0 Å². The van der Waals surface area contributed by atoms with Crippen molar-refractivity contribution < 1.29 is 4.74 Å². The lowest BCUT2D eigenvalue weighted by atomic mass is 10.1. The van der Waals surface area contributed by atoms with Crippen LogP contribution in [0.4, 0.5) is 17.6 Å². The standard InChI is InChI=1S/C15H21N5O/c1-10-5-6-13(11(2)9-10)19-15-18-12(3)17-14(20-15)16-7-8-21-4/h5-6,9H,7-8H2,1-4H3,(H2,16,17,18,19,20). The van der Waals surface area contributed by atoms with Crippen LogP contribution < -0.4 is 10.6 Å². The van der Waals surface area contributed by atoms with Crippen LogP contribution in [0.3, 0.4) is 0 Å². The van der Waals surface area contributed by atoms with Crippen molar-refractivity contribution in [2.45, 2.75) is 20.8 Å². The van der Waals surface area contributed by atoms with Gasteiger partial charge in [-0.05, 0) is 32.4 Å². The maximum Gasteiger partial charge on any atom is 0.232 e. The molecule has 0 saturated carbocycles. The topological polar surface area (TPSA) is 72.0 Å². The van der Waals surface area contributed by atoms with E-state index in [1.165, 1.54) is 5.56 Å². The number of hydrogen-bond acceptors (Lipinski definition) is 6. The molecule has 6 heteroatoms.